The van der Waals surface area contributed by atoms with E-state index in [-0.39, 0.29) is 23.3 Å². The van der Waals surface area contributed by atoms with E-state index >= 15 is 0 Å². The maximum absolute atomic E-state index is 13.2. The van der Waals surface area contributed by atoms with Crippen LogP contribution in [0.3, 0.4) is 0 Å². The number of aromatic nitrogens is 3. The molecule has 1 atom stereocenters. The molecule has 0 saturated carbocycles. The Labute approximate surface area is 172 Å². The number of carbonyl (C=O) groups is 1. The highest BCUT2D eigenvalue weighted by atomic mass is 32.2. The van der Waals surface area contributed by atoms with Gasteiger partial charge in [-0.15, -0.1) is 5.10 Å². The van der Waals surface area contributed by atoms with E-state index in [0.29, 0.717) is 37.4 Å². The number of sulfonamides is 1. The van der Waals surface area contributed by atoms with E-state index < -0.39 is 10.0 Å². The van der Waals surface area contributed by atoms with Gasteiger partial charge in [-0.2, -0.15) is 4.31 Å². The second-order valence-corrected chi connectivity index (χ2v) is 10.1. The normalized spacial score (nSPS) is 18.4. The molecule has 2 aromatic rings. The molecule has 160 valence electrons. The highest BCUT2D eigenvalue weighted by Crippen LogP contribution is 2.26. The first-order chi connectivity index (χ1) is 13.8. The second kappa shape index (κ2) is 9.21. The van der Waals surface area contributed by atoms with Gasteiger partial charge in [-0.3, -0.25) is 4.79 Å². The minimum Gasteiger partial charge on any atom is -0.356 e. The predicted molar refractivity (Wildman–Crippen MR) is 112 cm³/mol. The maximum atomic E-state index is 13.2. The van der Waals surface area contributed by atoms with Crippen molar-refractivity contribution in [1.82, 2.24) is 24.6 Å². The summed E-state index contributed by atoms with van der Waals surface area (Å²) in [5, 5.41) is 11.2. The lowest BCUT2D eigenvalue weighted by Crippen LogP contribution is -2.45. The van der Waals surface area contributed by atoms with Gasteiger partial charge in [-0.05, 0) is 49.8 Å². The van der Waals surface area contributed by atoms with Crippen LogP contribution in [-0.2, 0) is 21.4 Å². The summed E-state index contributed by atoms with van der Waals surface area (Å²) in [4.78, 5) is 12.7. The Morgan fingerprint density at radius 2 is 2.14 bits per heavy atom. The zero-order valence-corrected chi connectivity index (χ0v) is 18.3. The molecule has 1 aromatic heterocycles. The molecule has 0 spiro atoms. The van der Waals surface area contributed by atoms with Crippen molar-refractivity contribution >= 4 is 27.0 Å². The number of hydrogen-bond donors (Lipinski definition) is 1. The van der Waals surface area contributed by atoms with Crippen LogP contribution in [0.2, 0.25) is 0 Å². The highest BCUT2D eigenvalue weighted by Gasteiger charge is 2.33. The van der Waals surface area contributed by atoms with Gasteiger partial charge >= 0.3 is 0 Å². The quantitative estimate of drug-likeness (QED) is 0.706. The predicted octanol–water partition coefficient (Wildman–Crippen LogP) is 2.40. The van der Waals surface area contributed by atoms with Crippen molar-refractivity contribution in [2.75, 3.05) is 19.6 Å². The van der Waals surface area contributed by atoms with Crippen LogP contribution in [-0.4, -0.2) is 53.3 Å². The van der Waals surface area contributed by atoms with Crippen molar-refractivity contribution in [3.63, 3.8) is 0 Å². The standard InChI is InChI=1S/C20H31N5O3S/c1-4-11-25-19-8-7-17(13-18(19)22-23-25)29(27,28)24-12-5-6-16(14-24)20(26)21-10-9-15(2)3/h7-8,13,15-16H,4-6,9-12,14H2,1-3H3,(H,21,26)/t16-/m0/s1. The Hall–Kier alpha value is -2.00. The van der Waals surface area contributed by atoms with Gasteiger partial charge in [0.15, 0.2) is 0 Å². The lowest BCUT2D eigenvalue weighted by molar-refractivity contribution is -0.126. The zero-order chi connectivity index (χ0) is 21.0. The van der Waals surface area contributed by atoms with Gasteiger partial charge in [-0.1, -0.05) is 26.0 Å². The Kier molecular flexibility index (Phi) is 6.89. The highest BCUT2D eigenvalue weighted by molar-refractivity contribution is 7.89. The molecule has 1 fully saturated rings. The number of nitrogens with zero attached hydrogens (tertiary/aromatic N) is 4. The summed E-state index contributed by atoms with van der Waals surface area (Å²) in [6, 6.07) is 4.95. The molecule has 0 radical (unpaired) electrons. The van der Waals surface area contributed by atoms with Crippen LogP contribution >= 0.6 is 0 Å². The van der Waals surface area contributed by atoms with Gasteiger partial charge in [0.05, 0.1) is 16.3 Å². The Morgan fingerprint density at radius 3 is 2.86 bits per heavy atom. The molecular weight excluding hydrogens is 390 g/mol. The third-order valence-corrected chi connectivity index (χ3v) is 7.20. The smallest absolute Gasteiger partial charge is 0.243 e. The first-order valence-electron chi connectivity index (χ1n) is 10.4. The van der Waals surface area contributed by atoms with Gasteiger partial charge in [0.25, 0.3) is 0 Å². The molecule has 1 amide bonds. The van der Waals surface area contributed by atoms with Crippen LogP contribution < -0.4 is 5.32 Å². The summed E-state index contributed by atoms with van der Waals surface area (Å²) in [7, 11) is -3.68. The summed E-state index contributed by atoms with van der Waals surface area (Å²) in [6.07, 6.45) is 3.23. The molecule has 1 N–H and O–H groups in total. The average Bonchev–Trinajstić information content (AvgIpc) is 3.10. The number of amides is 1. The van der Waals surface area contributed by atoms with Gasteiger partial charge in [-0.25, -0.2) is 13.1 Å². The Morgan fingerprint density at radius 1 is 1.34 bits per heavy atom. The lowest BCUT2D eigenvalue weighted by atomic mass is 9.98. The zero-order valence-electron chi connectivity index (χ0n) is 17.5. The van der Waals surface area contributed by atoms with Crippen molar-refractivity contribution in [1.29, 1.82) is 0 Å². The fraction of sp³-hybridized carbons (Fsp3) is 0.650. The van der Waals surface area contributed by atoms with Crippen molar-refractivity contribution in [2.24, 2.45) is 11.8 Å². The summed E-state index contributed by atoms with van der Waals surface area (Å²) in [6.45, 7) is 8.29. The van der Waals surface area contributed by atoms with E-state index in [4.69, 9.17) is 0 Å². The monoisotopic (exact) mass is 421 g/mol. The summed E-state index contributed by atoms with van der Waals surface area (Å²) < 4.78 is 29.6. The number of carbonyl (C=O) groups excluding carboxylic acids is 1. The molecule has 3 rings (SSSR count). The Bertz CT molecular complexity index is 954. The number of rotatable bonds is 8. The van der Waals surface area contributed by atoms with Crippen LogP contribution in [0.5, 0.6) is 0 Å². The Balaban J connectivity index is 1.73. The molecule has 0 bridgehead atoms. The lowest BCUT2D eigenvalue weighted by Gasteiger charge is -2.31. The van der Waals surface area contributed by atoms with Crippen LogP contribution in [0.25, 0.3) is 11.0 Å². The molecule has 8 nitrogen and oxygen atoms in total. The van der Waals surface area contributed by atoms with E-state index in [1.165, 1.54) is 4.31 Å². The average molecular weight is 422 g/mol. The summed E-state index contributed by atoms with van der Waals surface area (Å²) in [5.41, 5.74) is 1.39. The number of aryl methyl sites for hydroxylation is 1. The molecule has 1 aliphatic rings. The molecule has 1 aliphatic heterocycles. The third kappa shape index (κ3) is 4.95. The van der Waals surface area contributed by atoms with Gasteiger partial charge < -0.3 is 5.32 Å². The van der Waals surface area contributed by atoms with Crippen molar-refractivity contribution < 1.29 is 13.2 Å². The van der Waals surface area contributed by atoms with Gasteiger partial charge in [0.2, 0.25) is 15.9 Å². The largest absolute Gasteiger partial charge is 0.356 e. The van der Waals surface area contributed by atoms with Crippen LogP contribution in [0.1, 0.15) is 46.5 Å². The van der Waals surface area contributed by atoms with Crippen LogP contribution in [0, 0.1) is 11.8 Å². The van der Waals surface area contributed by atoms with Crippen LogP contribution in [0.15, 0.2) is 23.1 Å². The number of nitrogens with one attached hydrogen (secondary N) is 1. The maximum Gasteiger partial charge on any atom is 0.243 e. The van der Waals surface area contributed by atoms with Crippen LogP contribution in [0.4, 0.5) is 0 Å². The van der Waals surface area contributed by atoms with Gasteiger partial charge in [0, 0.05) is 26.2 Å². The molecule has 2 heterocycles. The van der Waals surface area contributed by atoms with E-state index in [1.54, 1.807) is 22.9 Å². The molecule has 1 saturated heterocycles. The number of benzene rings is 1. The van der Waals surface area contributed by atoms with E-state index in [1.807, 2.05) is 0 Å². The van der Waals surface area contributed by atoms with E-state index in [9.17, 15) is 13.2 Å². The van der Waals surface area contributed by atoms with Gasteiger partial charge in [0.1, 0.15) is 5.52 Å². The van der Waals surface area contributed by atoms with Crippen molar-refractivity contribution in [3.05, 3.63) is 18.2 Å². The topological polar surface area (TPSA) is 97.2 Å². The minimum absolute atomic E-state index is 0.0523. The number of fused-ring (bicyclic) bond motifs is 1. The fourth-order valence-electron chi connectivity index (χ4n) is 3.64. The molecular formula is C20H31N5O3S. The first-order valence-corrected chi connectivity index (χ1v) is 11.9. The molecule has 1 aromatic carbocycles. The van der Waals surface area contributed by atoms with E-state index in [0.717, 1.165) is 24.9 Å². The first kappa shape index (κ1) is 21.7. The molecule has 0 aliphatic carbocycles. The number of piperidine rings is 1. The van der Waals surface area contributed by atoms with Crippen molar-refractivity contribution in [2.45, 2.75) is 57.9 Å². The molecule has 0 unspecified atom stereocenters. The molecule has 29 heavy (non-hydrogen) atoms. The summed E-state index contributed by atoms with van der Waals surface area (Å²) >= 11 is 0. The molecule has 9 heteroatoms. The summed E-state index contributed by atoms with van der Waals surface area (Å²) in [5.74, 6) is 0.159. The van der Waals surface area contributed by atoms with E-state index in [2.05, 4.69) is 36.4 Å². The number of hydrogen-bond acceptors (Lipinski definition) is 5. The second-order valence-electron chi connectivity index (χ2n) is 8.14. The van der Waals surface area contributed by atoms with Crippen molar-refractivity contribution in [3.8, 4) is 0 Å². The fourth-order valence-corrected chi connectivity index (χ4v) is 5.19. The minimum atomic E-state index is -3.68. The third-order valence-electron chi connectivity index (χ3n) is 5.33. The SMILES string of the molecule is CCCn1nnc2cc(S(=O)(=O)N3CCC[C@H](C(=O)NCCC(C)C)C3)ccc21.